The van der Waals surface area contributed by atoms with Gasteiger partial charge < -0.3 is 10.6 Å². The molecule has 1 aromatic rings. The van der Waals surface area contributed by atoms with E-state index >= 15 is 0 Å². The molecular weight excluding hydrogens is 269 g/mol. The van der Waals surface area contributed by atoms with Crippen LogP contribution in [0, 0.1) is 12.7 Å². The third kappa shape index (κ3) is 4.24. The summed E-state index contributed by atoms with van der Waals surface area (Å²) in [5.74, 6) is -0.559. The topological polar surface area (TPSA) is 75.4 Å². The second kappa shape index (κ2) is 6.42. The normalized spacial score (nSPS) is 12.1. The molecule has 0 amide bonds. The van der Waals surface area contributed by atoms with E-state index in [2.05, 4.69) is 4.72 Å². The highest BCUT2D eigenvalue weighted by molar-refractivity contribution is 7.89. The highest BCUT2D eigenvalue weighted by Gasteiger charge is 2.19. The van der Waals surface area contributed by atoms with E-state index in [1.165, 1.54) is 19.1 Å². The predicted molar refractivity (Wildman–Crippen MR) is 72.8 cm³/mol. The summed E-state index contributed by atoms with van der Waals surface area (Å²) in [6, 6.07) is 2.67. The number of nitrogens with one attached hydrogen (secondary N) is 1. The lowest BCUT2D eigenvalue weighted by molar-refractivity contribution is 0.412. The SMILES string of the molecule is Cc1c(F)cc(CN)cc1S(=O)(=O)NCCN(C)C. The van der Waals surface area contributed by atoms with Crippen molar-refractivity contribution in [3.63, 3.8) is 0 Å². The molecule has 108 valence electrons. The molecule has 1 rings (SSSR count). The molecule has 0 aliphatic rings. The lowest BCUT2D eigenvalue weighted by Gasteiger charge is -2.13. The lowest BCUT2D eigenvalue weighted by Crippen LogP contribution is -2.32. The molecule has 0 atom stereocenters. The molecule has 0 heterocycles. The first kappa shape index (κ1) is 16.0. The molecule has 7 heteroatoms. The molecule has 0 unspecified atom stereocenters. The Kier molecular flexibility index (Phi) is 5.42. The minimum absolute atomic E-state index is 0.0493. The predicted octanol–water partition coefficient (Wildman–Crippen LogP) is 0.433. The van der Waals surface area contributed by atoms with Crippen molar-refractivity contribution in [1.82, 2.24) is 9.62 Å². The first-order valence-corrected chi connectivity index (χ1v) is 7.39. The van der Waals surface area contributed by atoms with Crippen molar-refractivity contribution < 1.29 is 12.8 Å². The smallest absolute Gasteiger partial charge is 0.240 e. The number of nitrogens with two attached hydrogens (primary N) is 1. The Hall–Kier alpha value is -1.02. The van der Waals surface area contributed by atoms with Gasteiger partial charge in [-0.25, -0.2) is 17.5 Å². The van der Waals surface area contributed by atoms with Gasteiger partial charge >= 0.3 is 0 Å². The maximum atomic E-state index is 13.7. The molecule has 0 aromatic heterocycles. The van der Waals surface area contributed by atoms with Crippen LogP contribution in [-0.4, -0.2) is 40.5 Å². The summed E-state index contributed by atoms with van der Waals surface area (Å²) in [7, 11) is -0.0309. The third-order valence-electron chi connectivity index (χ3n) is 2.73. The van der Waals surface area contributed by atoms with Gasteiger partial charge in [0.25, 0.3) is 0 Å². The Bertz CT molecular complexity index is 544. The number of hydrogen-bond donors (Lipinski definition) is 2. The zero-order valence-electron chi connectivity index (χ0n) is 11.4. The van der Waals surface area contributed by atoms with Crippen molar-refractivity contribution in [2.24, 2.45) is 5.73 Å². The number of hydrogen-bond acceptors (Lipinski definition) is 4. The van der Waals surface area contributed by atoms with Gasteiger partial charge in [-0.2, -0.15) is 0 Å². The summed E-state index contributed by atoms with van der Waals surface area (Å²) < 4.78 is 40.3. The summed E-state index contributed by atoms with van der Waals surface area (Å²) in [6.45, 7) is 2.37. The van der Waals surface area contributed by atoms with E-state index < -0.39 is 15.8 Å². The Labute approximate surface area is 113 Å². The van der Waals surface area contributed by atoms with Crippen LogP contribution in [0.25, 0.3) is 0 Å². The van der Waals surface area contributed by atoms with Crippen molar-refractivity contribution in [2.75, 3.05) is 27.2 Å². The van der Waals surface area contributed by atoms with Crippen molar-refractivity contribution in [3.8, 4) is 0 Å². The fourth-order valence-corrected chi connectivity index (χ4v) is 2.91. The highest BCUT2D eigenvalue weighted by Crippen LogP contribution is 2.20. The van der Waals surface area contributed by atoms with Crippen LogP contribution in [0.1, 0.15) is 11.1 Å². The fourth-order valence-electron chi connectivity index (χ4n) is 1.59. The largest absolute Gasteiger partial charge is 0.326 e. The van der Waals surface area contributed by atoms with Crippen LogP contribution in [0.15, 0.2) is 17.0 Å². The van der Waals surface area contributed by atoms with Crippen LogP contribution in [0.3, 0.4) is 0 Å². The third-order valence-corrected chi connectivity index (χ3v) is 4.32. The van der Waals surface area contributed by atoms with Gasteiger partial charge in [0, 0.05) is 25.2 Å². The van der Waals surface area contributed by atoms with E-state index in [1.807, 2.05) is 19.0 Å². The fraction of sp³-hybridized carbons (Fsp3) is 0.500. The molecule has 0 aliphatic heterocycles. The molecule has 1 aromatic carbocycles. The van der Waals surface area contributed by atoms with E-state index in [-0.39, 0.29) is 23.5 Å². The van der Waals surface area contributed by atoms with E-state index in [4.69, 9.17) is 5.73 Å². The van der Waals surface area contributed by atoms with E-state index in [0.717, 1.165) is 0 Å². The number of likely N-dealkylation sites (N-methyl/N-ethyl adjacent to an activating group) is 1. The Balaban J connectivity index is 3.03. The minimum atomic E-state index is -3.71. The van der Waals surface area contributed by atoms with Crippen LogP contribution in [0.2, 0.25) is 0 Å². The van der Waals surface area contributed by atoms with Gasteiger partial charge in [0.05, 0.1) is 4.90 Å². The molecule has 0 aliphatic carbocycles. The first-order chi connectivity index (χ1) is 8.77. The average molecular weight is 289 g/mol. The standard InChI is InChI=1S/C12H20FN3O2S/c1-9-11(13)6-10(8-14)7-12(9)19(17,18)15-4-5-16(2)3/h6-7,15H,4-5,8,14H2,1-3H3. The number of benzene rings is 1. The summed E-state index contributed by atoms with van der Waals surface area (Å²) in [5, 5.41) is 0. The number of halogens is 1. The number of nitrogens with zero attached hydrogens (tertiary/aromatic N) is 1. The van der Waals surface area contributed by atoms with E-state index in [1.54, 1.807) is 0 Å². The van der Waals surface area contributed by atoms with Gasteiger partial charge in [-0.3, -0.25) is 0 Å². The number of sulfonamides is 1. The van der Waals surface area contributed by atoms with Crippen LogP contribution in [-0.2, 0) is 16.6 Å². The molecule has 5 nitrogen and oxygen atoms in total. The maximum absolute atomic E-state index is 13.7. The molecule has 3 N–H and O–H groups in total. The first-order valence-electron chi connectivity index (χ1n) is 5.91. The second-order valence-corrected chi connectivity index (χ2v) is 6.34. The van der Waals surface area contributed by atoms with Crippen molar-refractivity contribution in [2.45, 2.75) is 18.4 Å². The van der Waals surface area contributed by atoms with Gasteiger partial charge in [-0.1, -0.05) is 0 Å². The molecular formula is C12H20FN3O2S. The molecule has 0 saturated carbocycles. The van der Waals surface area contributed by atoms with Crippen LogP contribution in [0.4, 0.5) is 4.39 Å². The lowest BCUT2D eigenvalue weighted by atomic mass is 10.1. The van der Waals surface area contributed by atoms with Gasteiger partial charge in [-0.15, -0.1) is 0 Å². The van der Waals surface area contributed by atoms with Crippen molar-refractivity contribution in [3.05, 3.63) is 29.1 Å². The maximum Gasteiger partial charge on any atom is 0.240 e. The van der Waals surface area contributed by atoms with Crippen LogP contribution in [0.5, 0.6) is 0 Å². The Morgan fingerprint density at radius 3 is 2.53 bits per heavy atom. The molecule has 0 spiro atoms. The molecule has 0 radical (unpaired) electrons. The zero-order chi connectivity index (χ0) is 14.6. The molecule has 0 saturated heterocycles. The average Bonchev–Trinajstić information content (AvgIpc) is 2.31. The summed E-state index contributed by atoms with van der Waals surface area (Å²) in [4.78, 5) is 1.80. The minimum Gasteiger partial charge on any atom is -0.326 e. The quantitative estimate of drug-likeness (QED) is 0.796. The van der Waals surface area contributed by atoms with Crippen LogP contribution < -0.4 is 10.5 Å². The molecule has 19 heavy (non-hydrogen) atoms. The zero-order valence-corrected chi connectivity index (χ0v) is 12.2. The Morgan fingerprint density at radius 2 is 2.00 bits per heavy atom. The monoisotopic (exact) mass is 289 g/mol. The Morgan fingerprint density at radius 1 is 1.37 bits per heavy atom. The molecule has 0 fully saturated rings. The highest BCUT2D eigenvalue weighted by atomic mass is 32.2. The van der Waals surface area contributed by atoms with Crippen molar-refractivity contribution >= 4 is 10.0 Å². The van der Waals surface area contributed by atoms with Gasteiger partial charge in [0.15, 0.2) is 0 Å². The summed E-state index contributed by atoms with van der Waals surface area (Å²) in [6.07, 6.45) is 0. The number of rotatable bonds is 6. The molecule has 0 bridgehead atoms. The van der Waals surface area contributed by atoms with E-state index in [9.17, 15) is 12.8 Å². The van der Waals surface area contributed by atoms with Crippen LogP contribution >= 0.6 is 0 Å². The second-order valence-electron chi connectivity index (χ2n) is 4.61. The van der Waals surface area contributed by atoms with Gasteiger partial charge in [-0.05, 0) is 38.7 Å². The summed E-state index contributed by atoms with van der Waals surface area (Å²) in [5.41, 5.74) is 5.99. The van der Waals surface area contributed by atoms with E-state index in [0.29, 0.717) is 12.1 Å². The van der Waals surface area contributed by atoms with Crippen molar-refractivity contribution in [1.29, 1.82) is 0 Å². The van der Waals surface area contributed by atoms with Gasteiger partial charge in [0.1, 0.15) is 5.82 Å². The van der Waals surface area contributed by atoms with Gasteiger partial charge in [0.2, 0.25) is 10.0 Å². The summed E-state index contributed by atoms with van der Waals surface area (Å²) >= 11 is 0.